The highest BCUT2D eigenvalue weighted by Gasteiger charge is 2.29. The first-order valence-electron chi connectivity index (χ1n) is 8.74. The topological polar surface area (TPSA) is 96.4 Å². The molecule has 0 aliphatic carbocycles. The molecular weight excluding hydrogens is 366 g/mol. The van der Waals surface area contributed by atoms with Crippen LogP contribution in [0, 0.1) is 0 Å². The van der Waals surface area contributed by atoms with Gasteiger partial charge in [-0.05, 0) is 37.6 Å². The van der Waals surface area contributed by atoms with E-state index in [0.29, 0.717) is 13.0 Å². The summed E-state index contributed by atoms with van der Waals surface area (Å²) < 4.78 is 23.1. The summed E-state index contributed by atoms with van der Waals surface area (Å²) in [6.45, 7) is 2.32. The normalized spacial score (nSPS) is 18.0. The number of rotatable bonds is 5. The number of hydrogen-bond donors (Lipinski definition) is 1. The van der Waals surface area contributed by atoms with Gasteiger partial charge in [0.2, 0.25) is 0 Å². The number of anilines is 1. The van der Waals surface area contributed by atoms with Crippen molar-refractivity contribution in [3.63, 3.8) is 0 Å². The van der Waals surface area contributed by atoms with Gasteiger partial charge in [0.25, 0.3) is 11.8 Å². The second-order valence-electron chi connectivity index (χ2n) is 6.39. The van der Waals surface area contributed by atoms with Crippen molar-refractivity contribution >= 4 is 27.3 Å². The first-order chi connectivity index (χ1) is 12.9. The summed E-state index contributed by atoms with van der Waals surface area (Å²) in [7, 11) is -3.08. The summed E-state index contributed by atoms with van der Waals surface area (Å²) in [5.41, 5.74) is 1.19. The maximum absolute atomic E-state index is 12.8. The minimum atomic E-state index is -3.08. The standard InChI is InChI=1S/C19H21N3O4S/c1-2-22(16-6-4-3-5-7-16)19(24)17-12-14(8-10-20-17)18(23)21-15-9-11-27(25,26)13-15/h3-8,10,12,15H,2,9,11,13H2,1H3,(H,21,23). The van der Waals surface area contributed by atoms with Crippen LogP contribution in [0.5, 0.6) is 0 Å². The van der Waals surface area contributed by atoms with E-state index in [1.165, 1.54) is 18.3 Å². The lowest BCUT2D eigenvalue weighted by Crippen LogP contribution is -2.36. The summed E-state index contributed by atoms with van der Waals surface area (Å²) in [6.07, 6.45) is 1.81. The average Bonchev–Trinajstić information content (AvgIpc) is 3.01. The maximum atomic E-state index is 12.8. The number of amides is 2. The van der Waals surface area contributed by atoms with E-state index in [-0.39, 0.29) is 28.7 Å². The van der Waals surface area contributed by atoms with Crippen LogP contribution in [-0.4, -0.2) is 49.3 Å². The van der Waals surface area contributed by atoms with Crippen LogP contribution in [0.2, 0.25) is 0 Å². The fourth-order valence-electron chi connectivity index (χ4n) is 3.06. The Hall–Kier alpha value is -2.74. The molecule has 1 N–H and O–H groups in total. The van der Waals surface area contributed by atoms with E-state index < -0.39 is 21.8 Å². The van der Waals surface area contributed by atoms with Gasteiger partial charge in [0.05, 0.1) is 11.5 Å². The zero-order chi connectivity index (χ0) is 19.4. The van der Waals surface area contributed by atoms with Crippen LogP contribution in [0.1, 0.15) is 34.2 Å². The largest absolute Gasteiger partial charge is 0.348 e. The van der Waals surface area contributed by atoms with Crippen molar-refractivity contribution in [2.75, 3.05) is 23.0 Å². The van der Waals surface area contributed by atoms with Crippen LogP contribution in [0.4, 0.5) is 5.69 Å². The maximum Gasteiger partial charge on any atom is 0.276 e. The van der Waals surface area contributed by atoms with Gasteiger partial charge in [-0.1, -0.05) is 18.2 Å². The second kappa shape index (κ2) is 7.87. The summed E-state index contributed by atoms with van der Waals surface area (Å²) >= 11 is 0. The molecule has 8 heteroatoms. The average molecular weight is 387 g/mol. The van der Waals surface area contributed by atoms with Crippen molar-refractivity contribution in [2.24, 2.45) is 0 Å². The molecule has 1 saturated heterocycles. The number of sulfone groups is 1. The van der Waals surface area contributed by atoms with Gasteiger partial charge in [0, 0.05) is 30.0 Å². The van der Waals surface area contributed by atoms with E-state index in [0.717, 1.165) is 5.69 Å². The lowest BCUT2D eigenvalue weighted by molar-refractivity contribution is 0.0941. The predicted molar refractivity (Wildman–Crippen MR) is 103 cm³/mol. The number of carbonyl (C=O) groups excluding carboxylic acids is 2. The highest BCUT2D eigenvalue weighted by atomic mass is 32.2. The van der Waals surface area contributed by atoms with Crippen molar-refractivity contribution in [3.05, 3.63) is 59.9 Å². The molecule has 2 heterocycles. The number of pyridine rings is 1. The molecule has 3 rings (SSSR count). The molecule has 1 aromatic carbocycles. The fourth-order valence-corrected chi connectivity index (χ4v) is 4.73. The van der Waals surface area contributed by atoms with Gasteiger partial charge in [0.1, 0.15) is 5.69 Å². The van der Waals surface area contributed by atoms with E-state index in [4.69, 9.17) is 0 Å². The van der Waals surface area contributed by atoms with Gasteiger partial charge in [-0.2, -0.15) is 0 Å². The van der Waals surface area contributed by atoms with E-state index in [1.54, 1.807) is 4.90 Å². The molecule has 0 radical (unpaired) electrons. The Morgan fingerprint density at radius 2 is 1.96 bits per heavy atom. The Balaban J connectivity index is 1.76. The van der Waals surface area contributed by atoms with Gasteiger partial charge in [0.15, 0.2) is 9.84 Å². The third-order valence-corrected chi connectivity index (χ3v) is 6.21. The SMILES string of the molecule is CCN(C(=O)c1cc(C(=O)NC2CCS(=O)(=O)C2)ccn1)c1ccccc1. The minimum Gasteiger partial charge on any atom is -0.348 e. The molecule has 1 aliphatic rings. The zero-order valence-electron chi connectivity index (χ0n) is 15.0. The monoisotopic (exact) mass is 387 g/mol. The van der Waals surface area contributed by atoms with E-state index >= 15 is 0 Å². The van der Waals surface area contributed by atoms with Crippen LogP contribution in [0.15, 0.2) is 48.7 Å². The van der Waals surface area contributed by atoms with E-state index in [1.807, 2.05) is 37.3 Å². The predicted octanol–water partition coefficient (Wildman–Crippen LogP) is 1.67. The number of carbonyl (C=O) groups is 2. The molecule has 1 fully saturated rings. The van der Waals surface area contributed by atoms with E-state index in [9.17, 15) is 18.0 Å². The lowest BCUT2D eigenvalue weighted by Gasteiger charge is -2.20. The Morgan fingerprint density at radius 3 is 2.59 bits per heavy atom. The number of nitrogens with one attached hydrogen (secondary N) is 1. The van der Waals surface area contributed by atoms with Crippen molar-refractivity contribution in [2.45, 2.75) is 19.4 Å². The molecule has 2 aromatic rings. The van der Waals surface area contributed by atoms with Crippen LogP contribution >= 0.6 is 0 Å². The molecule has 1 atom stereocenters. The smallest absolute Gasteiger partial charge is 0.276 e. The van der Waals surface area contributed by atoms with Crippen LogP contribution in [0.3, 0.4) is 0 Å². The molecule has 0 saturated carbocycles. The number of aromatic nitrogens is 1. The molecule has 1 aliphatic heterocycles. The summed E-state index contributed by atoms with van der Waals surface area (Å²) in [5.74, 6) is -0.675. The molecule has 1 unspecified atom stereocenters. The number of benzene rings is 1. The number of hydrogen-bond acceptors (Lipinski definition) is 5. The number of nitrogens with zero attached hydrogens (tertiary/aromatic N) is 2. The Labute approximate surface area is 158 Å². The van der Waals surface area contributed by atoms with Crippen LogP contribution < -0.4 is 10.2 Å². The first kappa shape index (κ1) is 19.0. The molecule has 27 heavy (non-hydrogen) atoms. The molecule has 0 bridgehead atoms. The first-order valence-corrected chi connectivity index (χ1v) is 10.6. The quantitative estimate of drug-likeness (QED) is 0.842. The Bertz CT molecular complexity index is 944. The minimum absolute atomic E-state index is 0.0484. The number of para-hydroxylation sites is 1. The third-order valence-electron chi connectivity index (χ3n) is 4.44. The van der Waals surface area contributed by atoms with Gasteiger partial charge in [-0.3, -0.25) is 14.6 Å². The molecular formula is C19H21N3O4S. The third kappa shape index (κ3) is 4.51. The summed E-state index contributed by atoms with van der Waals surface area (Å²) in [6, 6.07) is 11.8. The highest BCUT2D eigenvalue weighted by Crippen LogP contribution is 2.17. The zero-order valence-corrected chi connectivity index (χ0v) is 15.8. The van der Waals surface area contributed by atoms with Crippen molar-refractivity contribution in [1.82, 2.24) is 10.3 Å². The highest BCUT2D eigenvalue weighted by molar-refractivity contribution is 7.91. The van der Waals surface area contributed by atoms with Crippen molar-refractivity contribution in [3.8, 4) is 0 Å². The summed E-state index contributed by atoms with van der Waals surface area (Å²) in [5, 5.41) is 2.72. The van der Waals surface area contributed by atoms with Gasteiger partial charge < -0.3 is 10.2 Å². The lowest BCUT2D eigenvalue weighted by atomic mass is 10.1. The fraction of sp³-hybridized carbons (Fsp3) is 0.316. The summed E-state index contributed by atoms with van der Waals surface area (Å²) in [4.78, 5) is 31.0. The Morgan fingerprint density at radius 1 is 1.22 bits per heavy atom. The molecule has 1 aromatic heterocycles. The molecule has 2 amide bonds. The van der Waals surface area contributed by atoms with Gasteiger partial charge >= 0.3 is 0 Å². The van der Waals surface area contributed by atoms with E-state index in [2.05, 4.69) is 10.3 Å². The van der Waals surface area contributed by atoms with Crippen molar-refractivity contribution < 1.29 is 18.0 Å². The molecule has 0 spiro atoms. The van der Waals surface area contributed by atoms with Gasteiger partial charge in [-0.25, -0.2) is 8.42 Å². The van der Waals surface area contributed by atoms with Crippen LogP contribution in [-0.2, 0) is 9.84 Å². The van der Waals surface area contributed by atoms with Crippen LogP contribution in [0.25, 0.3) is 0 Å². The van der Waals surface area contributed by atoms with Crippen molar-refractivity contribution in [1.29, 1.82) is 0 Å². The molecule has 7 nitrogen and oxygen atoms in total. The Kier molecular flexibility index (Phi) is 5.55. The van der Waals surface area contributed by atoms with Gasteiger partial charge in [-0.15, -0.1) is 0 Å². The molecule has 142 valence electrons. The second-order valence-corrected chi connectivity index (χ2v) is 8.62.